The third-order valence-corrected chi connectivity index (χ3v) is 4.22. The first-order chi connectivity index (χ1) is 8.83. The zero-order valence-electron chi connectivity index (χ0n) is 10.8. The Morgan fingerprint density at radius 3 is 3.00 bits per heavy atom. The molecule has 1 aromatic heterocycles. The fourth-order valence-corrected chi connectivity index (χ4v) is 2.97. The molecule has 100 valence electrons. The van der Waals surface area contributed by atoms with Crippen molar-refractivity contribution in [3.05, 3.63) is 12.3 Å². The zero-order chi connectivity index (χ0) is 12.4. The first kappa shape index (κ1) is 12.0. The minimum atomic E-state index is 0.446. The highest BCUT2D eigenvalue weighted by Crippen LogP contribution is 2.27. The quantitative estimate of drug-likeness (QED) is 0.727. The van der Waals surface area contributed by atoms with Crippen LogP contribution in [0.2, 0.25) is 0 Å². The molecule has 1 saturated heterocycles. The average molecular weight is 249 g/mol. The van der Waals surface area contributed by atoms with Gasteiger partial charge in [0.05, 0.1) is 12.2 Å². The molecule has 0 bridgehead atoms. The number of aromatic nitrogens is 2. The summed E-state index contributed by atoms with van der Waals surface area (Å²) in [6, 6.07) is 3.04. The Bertz CT molecular complexity index is 384. The Morgan fingerprint density at radius 1 is 1.44 bits per heavy atom. The molecule has 1 aliphatic heterocycles. The molecule has 1 saturated carbocycles. The molecular formula is C13H23N5. The third kappa shape index (κ3) is 2.52. The van der Waals surface area contributed by atoms with Crippen LogP contribution in [0.1, 0.15) is 31.7 Å². The predicted octanol–water partition coefficient (Wildman–Crippen LogP) is 0.957. The smallest absolute Gasteiger partial charge is 0.124 e. The van der Waals surface area contributed by atoms with Gasteiger partial charge >= 0.3 is 0 Å². The van der Waals surface area contributed by atoms with E-state index in [1.807, 2.05) is 6.20 Å². The van der Waals surface area contributed by atoms with E-state index in [1.54, 1.807) is 0 Å². The summed E-state index contributed by atoms with van der Waals surface area (Å²) in [6.45, 7) is 3.10. The number of rotatable bonds is 5. The second kappa shape index (κ2) is 5.28. The average Bonchev–Trinajstić information content (AvgIpc) is 2.87. The maximum absolute atomic E-state index is 5.94. The largest absolute Gasteiger partial charge is 0.370 e. The maximum Gasteiger partial charge on any atom is 0.124 e. The Morgan fingerprint density at radius 2 is 2.33 bits per heavy atom. The summed E-state index contributed by atoms with van der Waals surface area (Å²) in [4.78, 5) is 0. The van der Waals surface area contributed by atoms with E-state index in [9.17, 15) is 0 Å². The number of nitrogens with zero attached hydrogens (tertiary/aromatic N) is 2. The van der Waals surface area contributed by atoms with E-state index in [1.165, 1.54) is 25.7 Å². The van der Waals surface area contributed by atoms with Gasteiger partial charge in [0.15, 0.2) is 0 Å². The van der Waals surface area contributed by atoms with Crippen LogP contribution in [0.15, 0.2) is 12.3 Å². The summed E-state index contributed by atoms with van der Waals surface area (Å²) < 4.78 is 2.11. The van der Waals surface area contributed by atoms with Crippen molar-refractivity contribution >= 4 is 5.82 Å². The second-order valence-corrected chi connectivity index (χ2v) is 5.63. The van der Waals surface area contributed by atoms with Crippen LogP contribution in [0.3, 0.4) is 0 Å². The molecule has 3 rings (SSSR count). The van der Waals surface area contributed by atoms with E-state index in [-0.39, 0.29) is 0 Å². The van der Waals surface area contributed by atoms with E-state index in [0.29, 0.717) is 12.1 Å². The van der Waals surface area contributed by atoms with Gasteiger partial charge in [-0.1, -0.05) is 0 Å². The Hall–Kier alpha value is -1.07. The summed E-state index contributed by atoms with van der Waals surface area (Å²) >= 11 is 0. The van der Waals surface area contributed by atoms with Gasteiger partial charge in [0.2, 0.25) is 0 Å². The number of anilines is 1. The molecule has 2 atom stereocenters. The maximum atomic E-state index is 5.94. The van der Waals surface area contributed by atoms with E-state index < -0.39 is 0 Å². The van der Waals surface area contributed by atoms with Crippen LogP contribution in [-0.4, -0.2) is 35.5 Å². The highest BCUT2D eigenvalue weighted by molar-refractivity contribution is 5.34. The van der Waals surface area contributed by atoms with Gasteiger partial charge in [-0.15, -0.1) is 0 Å². The van der Waals surface area contributed by atoms with Crippen LogP contribution in [-0.2, 0) is 0 Å². The molecule has 0 unspecified atom stereocenters. The van der Waals surface area contributed by atoms with Crippen molar-refractivity contribution in [3.63, 3.8) is 0 Å². The van der Waals surface area contributed by atoms with Gasteiger partial charge < -0.3 is 16.4 Å². The summed E-state index contributed by atoms with van der Waals surface area (Å²) in [6.07, 6.45) is 6.81. The Kier molecular flexibility index (Phi) is 3.52. The van der Waals surface area contributed by atoms with Crippen LogP contribution >= 0.6 is 0 Å². The first-order valence-corrected chi connectivity index (χ1v) is 7.06. The van der Waals surface area contributed by atoms with Crippen molar-refractivity contribution in [2.24, 2.45) is 11.7 Å². The highest BCUT2D eigenvalue weighted by Gasteiger charge is 2.23. The summed E-state index contributed by atoms with van der Waals surface area (Å²) in [5, 5.41) is 11.2. The fourth-order valence-electron chi connectivity index (χ4n) is 2.97. The van der Waals surface area contributed by atoms with Crippen LogP contribution < -0.4 is 16.4 Å². The van der Waals surface area contributed by atoms with Gasteiger partial charge in [0.1, 0.15) is 5.82 Å². The lowest BCUT2D eigenvalue weighted by Crippen LogP contribution is -2.44. The molecule has 4 N–H and O–H groups in total. The predicted molar refractivity (Wildman–Crippen MR) is 72.6 cm³/mol. The van der Waals surface area contributed by atoms with Crippen LogP contribution in [0.4, 0.5) is 5.82 Å². The van der Waals surface area contributed by atoms with Gasteiger partial charge in [-0.3, -0.25) is 0 Å². The monoisotopic (exact) mass is 249 g/mol. The second-order valence-electron chi connectivity index (χ2n) is 5.63. The van der Waals surface area contributed by atoms with E-state index in [4.69, 9.17) is 5.73 Å². The molecule has 2 aliphatic rings. The van der Waals surface area contributed by atoms with E-state index >= 15 is 0 Å². The molecule has 0 aromatic carbocycles. The molecule has 0 radical (unpaired) electrons. The lowest BCUT2D eigenvalue weighted by atomic mass is 10.0. The van der Waals surface area contributed by atoms with Gasteiger partial charge in [-0.25, -0.2) is 4.68 Å². The zero-order valence-corrected chi connectivity index (χ0v) is 10.8. The van der Waals surface area contributed by atoms with Gasteiger partial charge in [-0.2, -0.15) is 5.10 Å². The molecule has 1 aromatic rings. The molecule has 5 nitrogen and oxygen atoms in total. The van der Waals surface area contributed by atoms with Crippen molar-refractivity contribution in [1.29, 1.82) is 0 Å². The SMILES string of the molecule is N[C@@H]1CC[C@H](CCNc2ccnn2C2CNC2)C1. The number of hydrogen-bond donors (Lipinski definition) is 3. The van der Waals surface area contributed by atoms with Crippen molar-refractivity contribution in [2.45, 2.75) is 37.8 Å². The Labute approximate surface area is 108 Å². The van der Waals surface area contributed by atoms with E-state index in [2.05, 4.69) is 26.5 Å². The molecule has 5 heteroatoms. The minimum absolute atomic E-state index is 0.446. The number of nitrogens with two attached hydrogens (primary N) is 1. The topological polar surface area (TPSA) is 67.9 Å². The molecule has 2 fully saturated rings. The van der Waals surface area contributed by atoms with Gasteiger partial charge in [0.25, 0.3) is 0 Å². The number of hydrogen-bond acceptors (Lipinski definition) is 4. The molecule has 0 spiro atoms. The number of nitrogens with one attached hydrogen (secondary N) is 2. The van der Waals surface area contributed by atoms with Crippen molar-refractivity contribution < 1.29 is 0 Å². The van der Waals surface area contributed by atoms with E-state index in [0.717, 1.165) is 31.4 Å². The minimum Gasteiger partial charge on any atom is -0.370 e. The van der Waals surface area contributed by atoms with Crippen molar-refractivity contribution in [1.82, 2.24) is 15.1 Å². The highest BCUT2D eigenvalue weighted by atomic mass is 15.4. The lowest BCUT2D eigenvalue weighted by Gasteiger charge is -2.29. The van der Waals surface area contributed by atoms with Gasteiger partial charge in [-0.05, 0) is 31.6 Å². The molecular weight excluding hydrogens is 226 g/mol. The standard InChI is InChI=1S/C13H23N5/c14-11-2-1-10(7-11)3-5-16-13-4-6-17-18(13)12-8-15-9-12/h4,6,10-12,15-16H,1-3,5,7-9,14H2/t10-,11-/m1/s1. The summed E-state index contributed by atoms with van der Waals surface area (Å²) in [7, 11) is 0. The first-order valence-electron chi connectivity index (χ1n) is 7.06. The van der Waals surface area contributed by atoms with Crippen LogP contribution in [0.5, 0.6) is 0 Å². The Balaban J connectivity index is 1.46. The summed E-state index contributed by atoms with van der Waals surface area (Å²) in [5.74, 6) is 1.97. The molecule has 0 amide bonds. The van der Waals surface area contributed by atoms with Crippen LogP contribution in [0.25, 0.3) is 0 Å². The molecule has 1 aliphatic carbocycles. The van der Waals surface area contributed by atoms with Crippen molar-refractivity contribution in [2.75, 3.05) is 25.0 Å². The fraction of sp³-hybridized carbons (Fsp3) is 0.769. The third-order valence-electron chi connectivity index (χ3n) is 4.22. The van der Waals surface area contributed by atoms with Crippen molar-refractivity contribution in [3.8, 4) is 0 Å². The van der Waals surface area contributed by atoms with Crippen LogP contribution in [0, 0.1) is 5.92 Å². The lowest BCUT2D eigenvalue weighted by molar-refractivity contribution is 0.321. The molecule has 2 heterocycles. The normalized spacial score (nSPS) is 28.3. The summed E-state index contributed by atoms with van der Waals surface area (Å²) in [5.41, 5.74) is 5.94. The molecule has 18 heavy (non-hydrogen) atoms. The van der Waals surface area contributed by atoms with Gasteiger partial charge in [0, 0.05) is 31.7 Å².